The van der Waals surface area contributed by atoms with Crippen molar-refractivity contribution in [3.8, 4) is 16.9 Å². The predicted molar refractivity (Wildman–Crippen MR) is 128 cm³/mol. The van der Waals surface area contributed by atoms with E-state index in [2.05, 4.69) is 15.6 Å². The second-order valence-corrected chi connectivity index (χ2v) is 7.68. The minimum Gasteiger partial charge on any atom is -0.507 e. The summed E-state index contributed by atoms with van der Waals surface area (Å²) in [7, 11) is 0. The molecule has 184 valence electrons. The summed E-state index contributed by atoms with van der Waals surface area (Å²) >= 11 is 0. The molecule has 0 fully saturated rings. The average Bonchev–Trinajstić information content (AvgIpc) is 3.17. The topological polar surface area (TPSA) is 115 Å². The van der Waals surface area contributed by atoms with Gasteiger partial charge in [0.25, 0.3) is 0 Å². The van der Waals surface area contributed by atoms with Gasteiger partial charge in [0.05, 0.1) is 28.2 Å². The molecular formula is C25H19F3N4O4. The number of phenols is 1. The lowest BCUT2D eigenvalue weighted by Crippen LogP contribution is -2.28. The number of phenolic OH excluding ortho intramolecular Hbond substituents is 1. The molecule has 1 aliphatic rings. The summed E-state index contributed by atoms with van der Waals surface area (Å²) < 4.78 is 38.7. The van der Waals surface area contributed by atoms with E-state index in [1.165, 1.54) is 18.2 Å². The zero-order chi connectivity index (χ0) is 26.0. The van der Waals surface area contributed by atoms with Crippen LogP contribution in [0.5, 0.6) is 5.75 Å². The van der Waals surface area contributed by atoms with Gasteiger partial charge in [-0.05, 0) is 42.8 Å². The van der Waals surface area contributed by atoms with Crippen LogP contribution in [-0.4, -0.2) is 33.5 Å². The number of halogens is 3. The van der Waals surface area contributed by atoms with Crippen LogP contribution in [0.2, 0.25) is 0 Å². The van der Waals surface area contributed by atoms with Gasteiger partial charge in [-0.1, -0.05) is 37.3 Å². The van der Waals surface area contributed by atoms with Gasteiger partial charge in [0.15, 0.2) is 5.71 Å². The van der Waals surface area contributed by atoms with Gasteiger partial charge in [0.2, 0.25) is 0 Å². The first-order chi connectivity index (χ1) is 17.1. The molecule has 0 spiro atoms. The zero-order valence-corrected chi connectivity index (χ0v) is 18.7. The molecule has 36 heavy (non-hydrogen) atoms. The second kappa shape index (κ2) is 9.53. The van der Waals surface area contributed by atoms with Gasteiger partial charge in [-0.3, -0.25) is 10.2 Å². The van der Waals surface area contributed by atoms with E-state index in [-0.39, 0.29) is 40.5 Å². The number of hydrogen-bond acceptors (Lipinski definition) is 6. The van der Waals surface area contributed by atoms with E-state index < -0.39 is 23.6 Å². The minimum atomic E-state index is -4.52. The summed E-state index contributed by atoms with van der Waals surface area (Å²) in [6, 6.07) is 14.7. The van der Waals surface area contributed by atoms with Gasteiger partial charge in [0, 0.05) is 11.1 Å². The monoisotopic (exact) mass is 496 g/mol. The highest BCUT2D eigenvalue weighted by atomic mass is 19.4. The van der Waals surface area contributed by atoms with Gasteiger partial charge < -0.3 is 10.2 Å². The molecule has 0 bridgehead atoms. The van der Waals surface area contributed by atoms with Crippen LogP contribution in [0.1, 0.15) is 29.3 Å². The Morgan fingerprint density at radius 3 is 2.31 bits per heavy atom. The Kier molecular flexibility index (Phi) is 6.47. The smallest absolute Gasteiger partial charge is 0.416 e. The highest BCUT2D eigenvalue weighted by Crippen LogP contribution is 2.37. The Balaban J connectivity index is 1.71. The quantitative estimate of drug-likeness (QED) is 0.398. The lowest BCUT2D eigenvalue weighted by molar-refractivity contribution is -0.137. The van der Waals surface area contributed by atoms with Crippen LogP contribution in [0.15, 0.2) is 76.9 Å². The molecule has 1 heterocycles. The second-order valence-electron chi connectivity index (χ2n) is 7.68. The number of carboxylic acid groups (broad SMARTS) is 1. The van der Waals surface area contributed by atoms with Crippen LogP contribution in [0.25, 0.3) is 11.1 Å². The van der Waals surface area contributed by atoms with Crippen LogP contribution >= 0.6 is 0 Å². The molecule has 0 radical (unpaired) electrons. The Morgan fingerprint density at radius 2 is 1.69 bits per heavy atom. The molecule has 11 heteroatoms. The maximum Gasteiger partial charge on any atom is 0.416 e. The number of carbonyl (C=O) groups excluding carboxylic acids is 1. The fourth-order valence-corrected chi connectivity index (χ4v) is 3.64. The highest BCUT2D eigenvalue weighted by molar-refractivity contribution is 6.71. The molecule has 0 aromatic heterocycles. The number of amides is 1. The van der Waals surface area contributed by atoms with Crippen molar-refractivity contribution in [2.75, 3.05) is 10.4 Å². The van der Waals surface area contributed by atoms with Crippen LogP contribution in [0.4, 0.5) is 24.5 Å². The van der Waals surface area contributed by atoms with E-state index in [1.807, 2.05) is 0 Å². The van der Waals surface area contributed by atoms with Crippen molar-refractivity contribution in [1.29, 1.82) is 0 Å². The molecule has 3 aromatic carbocycles. The third kappa shape index (κ3) is 4.63. The van der Waals surface area contributed by atoms with Crippen molar-refractivity contribution in [2.24, 2.45) is 10.2 Å². The number of alkyl halides is 3. The number of carboxylic acids is 1. The molecule has 0 unspecified atom stereocenters. The molecule has 1 aliphatic heterocycles. The van der Waals surface area contributed by atoms with Crippen molar-refractivity contribution in [1.82, 2.24) is 0 Å². The summed E-state index contributed by atoms with van der Waals surface area (Å²) in [6.45, 7) is 1.72. The van der Waals surface area contributed by atoms with Crippen molar-refractivity contribution >= 4 is 34.7 Å². The molecule has 8 nitrogen and oxygen atoms in total. The average molecular weight is 496 g/mol. The van der Waals surface area contributed by atoms with E-state index in [4.69, 9.17) is 0 Å². The van der Waals surface area contributed by atoms with Crippen LogP contribution < -0.4 is 10.4 Å². The summed E-state index contributed by atoms with van der Waals surface area (Å²) in [4.78, 5) is 24.9. The first kappa shape index (κ1) is 24.5. The van der Waals surface area contributed by atoms with E-state index in [0.29, 0.717) is 11.1 Å². The van der Waals surface area contributed by atoms with E-state index in [9.17, 15) is 33.0 Å². The van der Waals surface area contributed by atoms with Gasteiger partial charge in [-0.25, -0.2) is 4.79 Å². The molecule has 3 N–H and O–H groups in total. The van der Waals surface area contributed by atoms with Gasteiger partial charge in [-0.2, -0.15) is 28.4 Å². The molecule has 0 atom stereocenters. The molecular weight excluding hydrogens is 477 g/mol. The van der Waals surface area contributed by atoms with Crippen molar-refractivity contribution < 1.29 is 33.0 Å². The third-order valence-corrected chi connectivity index (χ3v) is 5.43. The minimum absolute atomic E-state index is 0.0373. The zero-order valence-electron chi connectivity index (χ0n) is 18.7. The predicted octanol–water partition coefficient (Wildman–Crippen LogP) is 5.36. The van der Waals surface area contributed by atoms with Gasteiger partial charge in [0.1, 0.15) is 5.75 Å². The van der Waals surface area contributed by atoms with Crippen molar-refractivity contribution in [2.45, 2.75) is 19.5 Å². The summed E-state index contributed by atoms with van der Waals surface area (Å²) in [5, 5.41) is 29.2. The normalized spacial score (nSPS) is 14.8. The van der Waals surface area contributed by atoms with E-state index in [0.717, 1.165) is 29.3 Å². The Labute approximate surface area is 203 Å². The Bertz CT molecular complexity index is 1400. The first-order valence-corrected chi connectivity index (χ1v) is 10.7. The molecule has 4 rings (SSSR count). The Morgan fingerprint density at radius 1 is 1.03 bits per heavy atom. The van der Waals surface area contributed by atoms with Crippen molar-refractivity contribution in [3.63, 3.8) is 0 Å². The third-order valence-electron chi connectivity index (χ3n) is 5.43. The number of nitrogens with one attached hydrogen (secondary N) is 1. The molecule has 0 aliphatic carbocycles. The fraction of sp³-hybridized carbons (Fsp3) is 0.120. The van der Waals surface area contributed by atoms with Crippen LogP contribution in [0.3, 0.4) is 0 Å². The number of aromatic hydroxyl groups is 1. The van der Waals surface area contributed by atoms with Crippen LogP contribution in [-0.2, 0) is 11.0 Å². The lowest BCUT2D eigenvalue weighted by atomic mass is 9.99. The number of anilines is 2. The molecule has 0 saturated heterocycles. The van der Waals surface area contributed by atoms with Gasteiger partial charge in [-0.15, -0.1) is 0 Å². The number of hydrazone groups is 2. The maximum absolute atomic E-state index is 13.1. The number of benzene rings is 3. The van der Waals surface area contributed by atoms with E-state index >= 15 is 0 Å². The number of hydrogen-bond donors (Lipinski definition) is 3. The fourth-order valence-electron chi connectivity index (χ4n) is 3.64. The van der Waals surface area contributed by atoms with Gasteiger partial charge >= 0.3 is 18.1 Å². The Hall–Kier alpha value is -4.67. The number of aromatic carboxylic acids is 1. The summed E-state index contributed by atoms with van der Waals surface area (Å²) in [6.07, 6.45) is -4.25. The standard InChI is InChI=1S/C25H19F3N4O4/c1-2-19-22(23(34)32(31-19)15-12-10-14(11-13-15)25(26,27)28)30-29-21-17(7-5-8-18(21)24(35)36)16-6-3-4-9-20(16)33/h3-13,29,33H,2H2,1H3,(H,35,36)/b30-22-. The largest absolute Gasteiger partial charge is 0.507 e. The maximum atomic E-state index is 13.1. The highest BCUT2D eigenvalue weighted by Gasteiger charge is 2.34. The number of para-hydroxylation sites is 2. The number of rotatable bonds is 6. The molecule has 1 amide bonds. The first-order valence-electron chi connectivity index (χ1n) is 10.7. The molecule has 3 aromatic rings. The molecule has 0 saturated carbocycles. The number of nitrogens with zero attached hydrogens (tertiary/aromatic N) is 3. The van der Waals surface area contributed by atoms with E-state index in [1.54, 1.807) is 31.2 Å². The van der Waals surface area contributed by atoms with Crippen LogP contribution in [0, 0.1) is 0 Å². The summed E-state index contributed by atoms with van der Waals surface area (Å²) in [5.74, 6) is -2.04. The number of carbonyl (C=O) groups is 2. The lowest BCUT2D eigenvalue weighted by Gasteiger charge is -2.14. The van der Waals surface area contributed by atoms with Crippen molar-refractivity contribution in [3.05, 3.63) is 77.9 Å². The summed E-state index contributed by atoms with van der Waals surface area (Å²) in [5.41, 5.74) is 2.59. The SMILES string of the molecule is CCC1=NN(c2ccc(C(F)(F)F)cc2)C(=O)/C1=N\Nc1c(C(=O)O)cccc1-c1ccccc1O.